The van der Waals surface area contributed by atoms with E-state index >= 15 is 0 Å². The zero-order valence-electron chi connectivity index (χ0n) is 14.8. The number of amides is 1. The van der Waals surface area contributed by atoms with Gasteiger partial charge in [-0.3, -0.25) is 9.59 Å². The molecule has 2 aromatic carbocycles. The van der Waals surface area contributed by atoms with Crippen molar-refractivity contribution in [3.05, 3.63) is 58.1 Å². The van der Waals surface area contributed by atoms with Crippen LogP contribution in [0.4, 0.5) is 18.9 Å². The highest BCUT2D eigenvalue weighted by atomic mass is 79.9. The third-order valence-electron chi connectivity index (χ3n) is 3.68. The minimum absolute atomic E-state index is 0.0415. The van der Waals surface area contributed by atoms with Crippen molar-refractivity contribution in [3.8, 4) is 5.75 Å². The summed E-state index contributed by atoms with van der Waals surface area (Å²) in [5.74, 6) is -2.52. The number of nitrogens with one attached hydrogen (secondary N) is 1. The van der Waals surface area contributed by atoms with Gasteiger partial charge in [0.1, 0.15) is 6.61 Å². The summed E-state index contributed by atoms with van der Waals surface area (Å²) in [7, 11) is 1.24. The van der Waals surface area contributed by atoms with Crippen LogP contribution in [0.5, 0.6) is 5.75 Å². The maximum Gasteiger partial charge on any atom is 0.471 e. The van der Waals surface area contributed by atoms with E-state index in [0.717, 1.165) is 5.56 Å². The molecular formula is C19H17BrF3NO4. The van der Waals surface area contributed by atoms with Gasteiger partial charge in [0.25, 0.3) is 0 Å². The van der Waals surface area contributed by atoms with Gasteiger partial charge in [-0.15, -0.1) is 0 Å². The van der Waals surface area contributed by atoms with Gasteiger partial charge in [0.2, 0.25) is 0 Å². The molecule has 2 rings (SSSR count). The van der Waals surface area contributed by atoms with Crippen LogP contribution in [-0.2, 0) is 27.4 Å². The summed E-state index contributed by atoms with van der Waals surface area (Å²) in [6, 6.07) is 12.0. The number of rotatable bonds is 7. The summed E-state index contributed by atoms with van der Waals surface area (Å²) in [5.41, 5.74) is 1.19. The van der Waals surface area contributed by atoms with Crippen LogP contribution in [0.1, 0.15) is 17.5 Å². The molecule has 0 heterocycles. The van der Waals surface area contributed by atoms with Gasteiger partial charge in [0, 0.05) is 6.42 Å². The lowest BCUT2D eigenvalue weighted by Gasteiger charge is -2.17. The van der Waals surface area contributed by atoms with Crippen molar-refractivity contribution in [2.75, 3.05) is 12.4 Å². The Kier molecular flexibility index (Phi) is 7.45. The van der Waals surface area contributed by atoms with Crippen LogP contribution in [0.25, 0.3) is 0 Å². The molecule has 0 aliphatic rings. The lowest BCUT2D eigenvalue weighted by Crippen LogP contribution is -2.30. The smallest absolute Gasteiger partial charge is 0.471 e. The minimum atomic E-state index is -5.05. The number of hydrogen-bond donors (Lipinski definition) is 1. The van der Waals surface area contributed by atoms with Gasteiger partial charge in [-0.05, 0) is 45.6 Å². The summed E-state index contributed by atoms with van der Waals surface area (Å²) in [6.07, 6.45) is -4.79. The van der Waals surface area contributed by atoms with E-state index in [1.807, 2.05) is 11.4 Å². The second-order valence-electron chi connectivity index (χ2n) is 5.76. The van der Waals surface area contributed by atoms with Crippen LogP contribution in [-0.4, -0.2) is 25.2 Å². The van der Waals surface area contributed by atoms with Crippen LogP contribution in [0, 0.1) is 0 Å². The molecule has 9 heteroatoms. The third kappa shape index (κ3) is 6.26. The molecular weight excluding hydrogens is 443 g/mol. The fourth-order valence-electron chi connectivity index (χ4n) is 2.30. The van der Waals surface area contributed by atoms with E-state index in [-0.39, 0.29) is 30.9 Å². The second-order valence-corrected chi connectivity index (χ2v) is 6.61. The Bertz CT molecular complexity index is 841. The van der Waals surface area contributed by atoms with Crippen molar-refractivity contribution >= 4 is 33.5 Å². The molecule has 0 bridgehead atoms. The molecule has 0 spiro atoms. The molecule has 0 unspecified atom stereocenters. The highest BCUT2D eigenvalue weighted by molar-refractivity contribution is 9.10. The maximum atomic E-state index is 12.7. The predicted octanol–water partition coefficient (Wildman–Crippen LogP) is 4.63. The van der Waals surface area contributed by atoms with E-state index in [1.165, 1.54) is 13.2 Å². The number of esters is 1. The molecule has 1 N–H and O–H groups in total. The molecule has 2 aromatic rings. The average molecular weight is 460 g/mol. The molecule has 5 nitrogen and oxygen atoms in total. The van der Waals surface area contributed by atoms with Gasteiger partial charge >= 0.3 is 18.1 Å². The standard InChI is InChI=1S/C19H17BrF3NO4/c1-27-16(25)8-7-13-9-14(20)17(28-11-12-5-3-2-4-6-12)15(10-13)24-18(26)19(21,22)23/h2-6,9-10H,7-8,11H2,1H3,(H,24,26). The van der Waals surface area contributed by atoms with E-state index in [9.17, 15) is 22.8 Å². The first-order valence-electron chi connectivity index (χ1n) is 8.15. The Morgan fingerprint density at radius 1 is 1.11 bits per heavy atom. The predicted molar refractivity (Wildman–Crippen MR) is 99.9 cm³/mol. The van der Waals surface area contributed by atoms with Crippen LogP contribution >= 0.6 is 15.9 Å². The first kappa shape index (κ1) is 21.7. The molecule has 1 amide bonds. The maximum absolute atomic E-state index is 12.7. The Labute approximate surface area is 168 Å². The zero-order valence-corrected chi connectivity index (χ0v) is 16.4. The molecule has 0 aromatic heterocycles. The van der Waals surface area contributed by atoms with Gasteiger partial charge in [-0.2, -0.15) is 13.2 Å². The van der Waals surface area contributed by atoms with Crippen molar-refractivity contribution < 1.29 is 32.2 Å². The Hall–Kier alpha value is -2.55. The summed E-state index contributed by atoms with van der Waals surface area (Å²) >= 11 is 3.26. The summed E-state index contributed by atoms with van der Waals surface area (Å²) < 4.78 is 48.6. The van der Waals surface area contributed by atoms with E-state index < -0.39 is 18.1 Å². The fourth-order valence-corrected chi connectivity index (χ4v) is 2.93. The second kappa shape index (κ2) is 9.59. The number of alkyl halides is 3. The number of carbonyl (C=O) groups is 2. The molecule has 0 saturated carbocycles. The molecule has 28 heavy (non-hydrogen) atoms. The lowest BCUT2D eigenvalue weighted by molar-refractivity contribution is -0.167. The SMILES string of the molecule is COC(=O)CCc1cc(Br)c(OCc2ccccc2)c(NC(=O)C(F)(F)F)c1. The van der Waals surface area contributed by atoms with Crippen molar-refractivity contribution in [3.63, 3.8) is 0 Å². The Morgan fingerprint density at radius 3 is 2.39 bits per heavy atom. The largest absolute Gasteiger partial charge is 0.486 e. The van der Waals surface area contributed by atoms with Crippen LogP contribution in [0.3, 0.4) is 0 Å². The van der Waals surface area contributed by atoms with Gasteiger partial charge in [0.15, 0.2) is 5.75 Å². The van der Waals surface area contributed by atoms with Crippen molar-refractivity contribution in [1.82, 2.24) is 0 Å². The van der Waals surface area contributed by atoms with Gasteiger partial charge < -0.3 is 14.8 Å². The van der Waals surface area contributed by atoms with E-state index in [1.54, 1.807) is 30.3 Å². The number of methoxy groups -OCH3 is 1. The van der Waals surface area contributed by atoms with Crippen LogP contribution in [0.15, 0.2) is 46.9 Å². The Morgan fingerprint density at radius 2 is 1.79 bits per heavy atom. The van der Waals surface area contributed by atoms with Crippen LogP contribution < -0.4 is 10.1 Å². The normalized spacial score (nSPS) is 11.0. The summed E-state index contributed by atoms with van der Waals surface area (Å²) in [4.78, 5) is 22.7. The molecule has 0 aliphatic carbocycles. The quantitative estimate of drug-likeness (QED) is 0.612. The monoisotopic (exact) mass is 459 g/mol. The van der Waals surface area contributed by atoms with E-state index in [0.29, 0.717) is 10.0 Å². The zero-order chi connectivity index (χ0) is 20.7. The van der Waals surface area contributed by atoms with Crippen molar-refractivity contribution in [2.45, 2.75) is 25.6 Å². The summed E-state index contributed by atoms with van der Waals surface area (Å²) in [5, 5.41) is 1.83. The van der Waals surface area contributed by atoms with Gasteiger partial charge in [-0.25, -0.2) is 0 Å². The molecule has 0 atom stereocenters. The van der Waals surface area contributed by atoms with Crippen molar-refractivity contribution in [2.24, 2.45) is 0 Å². The molecule has 0 aliphatic heterocycles. The van der Waals surface area contributed by atoms with Crippen LogP contribution in [0.2, 0.25) is 0 Å². The first-order valence-corrected chi connectivity index (χ1v) is 8.94. The molecule has 0 fully saturated rings. The highest BCUT2D eigenvalue weighted by Gasteiger charge is 2.39. The van der Waals surface area contributed by atoms with Gasteiger partial charge in [-0.1, -0.05) is 30.3 Å². The average Bonchev–Trinajstić information content (AvgIpc) is 2.65. The van der Waals surface area contributed by atoms with E-state index in [4.69, 9.17) is 4.74 Å². The van der Waals surface area contributed by atoms with E-state index in [2.05, 4.69) is 20.7 Å². The minimum Gasteiger partial charge on any atom is -0.486 e. The lowest BCUT2D eigenvalue weighted by atomic mass is 10.1. The van der Waals surface area contributed by atoms with Gasteiger partial charge in [0.05, 0.1) is 17.3 Å². The number of ether oxygens (including phenoxy) is 2. The first-order chi connectivity index (χ1) is 13.2. The number of benzene rings is 2. The number of carbonyl (C=O) groups excluding carboxylic acids is 2. The number of hydrogen-bond acceptors (Lipinski definition) is 4. The van der Waals surface area contributed by atoms with Crippen molar-refractivity contribution in [1.29, 1.82) is 0 Å². The molecule has 0 saturated heterocycles. The fraction of sp³-hybridized carbons (Fsp3) is 0.263. The third-order valence-corrected chi connectivity index (χ3v) is 4.27. The Balaban J connectivity index is 2.29. The molecule has 0 radical (unpaired) electrons. The summed E-state index contributed by atoms with van der Waals surface area (Å²) in [6.45, 7) is 0.0931. The number of aryl methyl sites for hydroxylation is 1. The topological polar surface area (TPSA) is 64.6 Å². The highest BCUT2D eigenvalue weighted by Crippen LogP contribution is 2.37. The number of anilines is 1. The molecule has 150 valence electrons. The number of halogens is 4.